The minimum Gasteiger partial charge on any atom is -0.481 e. The Balaban J connectivity index is 2.64. The zero-order valence-corrected chi connectivity index (χ0v) is 10.9. The van der Waals surface area contributed by atoms with Gasteiger partial charge in [0.05, 0.1) is 17.7 Å². The van der Waals surface area contributed by atoms with Crippen molar-refractivity contribution >= 4 is 11.9 Å². The van der Waals surface area contributed by atoms with Crippen LogP contribution in [0, 0.1) is 12.8 Å². The van der Waals surface area contributed by atoms with Crippen LogP contribution in [0.3, 0.4) is 0 Å². The topological polar surface area (TPSA) is 84.2 Å². The van der Waals surface area contributed by atoms with Crippen LogP contribution < -0.4 is 5.32 Å². The van der Waals surface area contributed by atoms with E-state index < -0.39 is 11.9 Å². The molecular weight excluding hydrogens is 234 g/mol. The molecule has 0 unspecified atom stereocenters. The third-order valence-electron chi connectivity index (χ3n) is 2.77. The molecule has 100 valence electrons. The second kappa shape index (κ2) is 6.18. The largest absolute Gasteiger partial charge is 0.481 e. The summed E-state index contributed by atoms with van der Waals surface area (Å²) in [6.45, 7) is 6.31. The van der Waals surface area contributed by atoms with E-state index >= 15 is 0 Å². The summed E-state index contributed by atoms with van der Waals surface area (Å²) in [5.74, 6) is -1.79. The average Bonchev–Trinajstić information content (AvgIpc) is 2.68. The Labute approximate surface area is 106 Å². The molecule has 0 saturated heterocycles. The summed E-state index contributed by atoms with van der Waals surface area (Å²) in [5.41, 5.74) is 1.30. The Bertz CT molecular complexity index is 440. The highest BCUT2D eigenvalue weighted by Crippen LogP contribution is 2.08. The molecule has 6 heteroatoms. The Morgan fingerprint density at radius 3 is 2.78 bits per heavy atom. The van der Waals surface area contributed by atoms with Gasteiger partial charge in [-0.15, -0.1) is 0 Å². The van der Waals surface area contributed by atoms with Crippen molar-refractivity contribution in [2.24, 2.45) is 5.92 Å². The normalized spacial score (nSPS) is 12.2. The van der Waals surface area contributed by atoms with E-state index in [1.54, 1.807) is 11.6 Å². The fraction of sp³-hybridized carbons (Fsp3) is 0.583. The van der Waals surface area contributed by atoms with Crippen molar-refractivity contribution in [2.75, 3.05) is 6.54 Å². The van der Waals surface area contributed by atoms with Crippen molar-refractivity contribution in [2.45, 2.75) is 33.7 Å². The van der Waals surface area contributed by atoms with E-state index in [9.17, 15) is 9.59 Å². The van der Waals surface area contributed by atoms with Gasteiger partial charge in [-0.05, 0) is 13.3 Å². The second-order valence-corrected chi connectivity index (χ2v) is 4.32. The van der Waals surface area contributed by atoms with Crippen LogP contribution in [0.15, 0.2) is 6.20 Å². The van der Waals surface area contributed by atoms with Gasteiger partial charge >= 0.3 is 5.97 Å². The number of nitrogens with zero attached hydrogens (tertiary/aromatic N) is 2. The van der Waals surface area contributed by atoms with Crippen molar-refractivity contribution in [1.29, 1.82) is 0 Å². The lowest BCUT2D eigenvalue weighted by Gasteiger charge is -2.08. The van der Waals surface area contributed by atoms with Crippen LogP contribution in [-0.4, -0.2) is 33.3 Å². The summed E-state index contributed by atoms with van der Waals surface area (Å²) in [7, 11) is 0. The number of amides is 1. The van der Waals surface area contributed by atoms with E-state index in [4.69, 9.17) is 5.11 Å². The Kier molecular flexibility index (Phi) is 4.88. The third kappa shape index (κ3) is 3.32. The van der Waals surface area contributed by atoms with Gasteiger partial charge in [-0.3, -0.25) is 14.3 Å². The lowest BCUT2D eigenvalue weighted by molar-refractivity contribution is -0.140. The number of nitrogens with one attached hydrogen (secondary N) is 1. The van der Waals surface area contributed by atoms with Crippen LogP contribution in [0.1, 0.15) is 36.3 Å². The van der Waals surface area contributed by atoms with Crippen molar-refractivity contribution in [1.82, 2.24) is 15.1 Å². The predicted octanol–water partition coefficient (Wildman–Crippen LogP) is 1.05. The van der Waals surface area contributed by atoms with E-state index in [1.165, 1.54) is 6.20 Å². The maximum absolute atomic E-state index is 11.9. The summed E-state index contributed by atoms with van der Waals surface area (Å²) >= 11 is 0. The molecule has 0 aliphatic carbocycles. The van der Waals surface area contributed by atoms with Crippen LogP contribution >= 0.6 is 0 Å². The van der Waals surface area contributed by atoms with Gasteiger partial charge in [-0.25, -0.2) is 0 Å². The molecule has 0 aliphatic heterocycles. The minimum atomic E-state index is -0.922. The molecule has 1 heterocycles. The zero-order valence-electron chi connectivity index (χ0n) is 10.9. The molecule has 18 heavy (non-hydrogen) atoms. The molecule has 1 aromatic rings. The quantitative estimate of drug-likeness (QED) is 0.793. The smallest absolute Gasteiger partial charge is 0.308 e. The number of aliphatic carboxylic acids is 1. The minimum absolute atomic E-state index is 0.118. The summed E-state index contributed by atoms with van der Waals surface area (Å²) in [6, 6.07) is 0. The molecule has 0 bridgehead atoms. The first-order chi connectivity index (χ1) is 8.47. The van der Waals surface area contributed by atoms with Gasteiger partial charge < -0.3 is 10.4 Å². The fourth-order valence-electron chi connectivity index (χ4n) is 1.53. The number of carboxylic acids is 1. The van der Waals surface area contributed by atoms with Gasteiger partial charge in [-0.2, -0.15) is 5.10 Å². The number of aryl methyl sites for hydroxylation is 1. The van der Waals surface area contributed by atoms with Crippen LogP contribution in [0.5, 0.6) is 0 Å². The van der Waals surface area contributed by atoms with Gasteiger partial charge in [-0.1, -0.05) is 13.8 Å². The van der Waals surface area contributed by atoms with Crippen LogP contribution in [0.4, 0.5) is 0 Å². The van der Waals surface area contributed by atoms with Gasteiger partial charge in [0.2, 0.25) is 0 Å². The summed E-state index contributed by atoms with van der Waals surface area (Å²) in [6.07, 6.45) is 2.46. The van der Waals surface area contributed by atoms with E-state index in [0.29, 0.717) is 5.56 Å². The Morgan fingerprint density at radius 2 is 2.22 bits per heavy atom. The first-order valence-electron chi connectivity index (χ1n) is 6.00. The molecule has 0 aliphatic rings. The fourth-order valence-corrected chi connectivity index (χ4v) is 1.53. The summed E-state index contributed by atoms with van der Waals surface area (Å²) in [4.78, 5) is 22.5. The third-order valence-corrected chi connectivity index (χ3v) is 2.77. The monoisotopic (exact) mass is 253 g/mol. The van der Waals surface area contributed by atoms with Gasteiger partial charge in [0, 0.05) is 18.8 Å². The first-order valence-corrected chi connectivity index (χ1v) is 6.00. The van der Waals surface area contributed by atoms with E-state index in [2.05, 4.69) is 10.4 Å². The SMILES string of the molecule is CCCn1ncc(C(=O)NC[C@H](C)C(=O)O)c1C. The predicted molar refractivity (Wildman–Crippen MR) is 66.4 cm³/mol. The average molecular weight is 253 g/mol. The van der Waals surface area contributed by atoms with Gasteiger partial charge in [0.25, 0.3) is 5.91 Å². The highest BCUT2D eigenvalue weighted by atomic mass is 16.4. The maximum atomic E-state index is 11.9. The highest BCUT2D eigenvalue weighted by molar-refractivity contribution is 5.95. The lowest BCUT2D eigenvalue weighted by atomic mass is 10.2. The number of carbonyl (C=O) groups excluding carboxylic acids is 1. The number of hydrogen-bond donors (Lipinski definition) is 2. The molecule has 0 spiro atoms. The van der Waals surface area contributed by atoms with Gasteiger partial charge in [0.15, 0.2) is 0 Å². The van der Waals surface area contributed by atoms with Crippen molar-refractivity contribution in [3.05, 3.63) is 17.5 Å². The maximum Gasteiger partial charge on any atom is 0.308 e. The molecule has 1 atom stereocenters. The number of carboxylic acid groups (broad SMARTS) is 1. The molecule has 1 rings (SSSR count). The Morgan fingerprint density at radius 1 is 1.56 bits per heavy atom. The van der Waals surface area contributed by atoms with Crippen LogP contribution in [0.2, 0.25) is 0 Å². The lowest BCUT2D eigenvalue weighted by Crippen LogP contribution is -2.31. The van der Waals surface area contributed by atoms with E-state index in [-0.39, 0.29) is 12.5 Å². The van der Waals surface area contributed by atoms with Crippen LogP contribution in [0.25, 0.3) is 0 Å². The molecule has 1 aromatic heterocycles. The van der Waals surface area contributed by atoms with Crippen molar-refractivity contribution in [3.8, 4) is 0 Å². The molecular formula is C12H19N3O3. The molecule has 1 amide bonds. The van der Waals surface area contributed by atoms with Crippen LogP contribution in [-0.2, 0) is 11.3 Å². The second-order valence-electron chi connectivity index (χ2n) is 4.32. The molecule has 0 fully saturated rings. The highest BCUT2D eigenvalue weighted by Gasteiger charge is 2.16. The van der Waals surface area contributed by atoms with Gasteiger partial charge in [0.1, 0.15) is 0 Å². The molecule has 0 saturated carbocycles. The number of hydrogen-bond acceptors (Lipinski definition) is 3. The van der Waals surface area contributed by atoms with Crippen molar-refractivity contribution < 1.29 is 14.7 Å². The van der Waals surface area contributed by atoms with Crippen molar-refractivity contribution in [3.63, 3.8) is 0 Å². The standard InChI is InChI=1S/C12H19N3O3/c1-4-5-15-9(3)10(7-14-15)11(16)13-6-8(2)12(17)18/h7-8H,4-6H2,1-3H3,(H,13,16)(H,17,18)/t8-/m0/s1. The number of aromatic nitrogens is 2. The van der Waals surface area contributed by atoms with E-state index in [1.807, 2.05) is 13.8 Å². The molecule has 6 nitrogen and oxygen atoms in total. The first kappa shape index (κ1) is 14.2. The zero-order chi connectivity index (χ0) is 13.7. The van der Waals surface area contributed by atoms with E-state index in [0.717, 1.165) is 18.7 Å². The summed E-state index contributed by atoms with van der Waals surface area (Å²) < 4.78 is 1.77. The number of rotatable bonds is 6. The number of carbonyl (C=O) groups is 2. The molecule has 0 aromatic carbocycles. The molecule has 2 N–H and O–H groups in total. The summed E-state index contributed by atoms with van der Waals surface area (Å²) in [5, 5.41) is 15.5. The Hall–Kier alpha value is -1.85. The molecule has 0 radical (unpaired) electrons.